The fourth-order valence-electron chi connectivity index (χ4n) is 3.94. The molecule has 0 aliphatic heterocycles. The fourth-order valence-corrected chi connectivity index (χ4v) is 4.86. The molecule has 1 saturated carbocycles. The third-order valence-corrected chi connectivity index (χ3v) is 7.20. The molecule has 184 valence electrons. The average molecular weight is 498 g/mol. The maximum absolute atomic E-state index is 12.6. The molecule has 1 unspecified atom stereocenters. The Bertz CT molecular complexity index is 1270. The van der Waals surface area contributed by atoms with Gasteiger partial charge in [0.15, 0.2) is 0 Å². The van der Waals surface area contributed by atoms with Crippen LogP contribution >= 0.6 is 0 Å². The Morgan fingerprint density at radius 2 is 1.69 bits per heavy atom. The van der Waals surface area contributed by atoms with Gasteiger partial charge in [-0.2, -0.15) is 4.98 Å². The van der Waals surface area contributed by atoms with E-state index in [4.69, 9.17) is 4.52 Å². The average Bonchev–Trinajstić information content (AvgIpc) is 3.35. The van der Waals surface area contributed by atoms with E-state index in [-0.39, 0.29) is 16.8 Å². The molecule has 10 nitrogen and oxygen atoms in total. The van der Waals surface area contributed by atoms with Gasteiger partial charge in [0.25, 0.3) is 10.0 Å². The lowest BCUT2D eigenvalue weighted by atomic mass is 9.96. The van der Waals surface area contributed by atoms with E-state index in [1.54, 1.807) is 31.2 Å². The largest absolute Gasteiger partial charge is 0.341 e. The van der Waals surface area contributed by atoms with Crippen molar-refractivity contribution in [3.05, 3.63) is 66.1 Å². The van der Waals surface area contributed by atoms with Gasteiger partial charge in [0.1, 0.15) is 0 Å². The van der Waals surface area contributed by atoms with Gasteiger partial charge in [-0.3, -0.25) is 4.79 Å². The molecule has 4 rings (SSSR count). The molecule has 0 saturated heterocycles. The summed E-state index contributed by atoms with van der Waals surface area (Å²) in [6.07, 6.45) is 4.88. The van der Waals surface area contributed by atoms with Crippen molar-refractivity contribution in [1.29, 1.82) is 0 Å². The molecule has 35 heavy (non-hydrogen) atoms. The lowest BCUT2D eigenvalue weighted by molar-refractivity contribution is 0.0895. The Morgan fingerprint density at radius 3 is 2.37 bits per heavy atom. The SMILES string of the molecule is CC(NC(=O)c1nc(-c2ccccc2)no1)c1ccc(S(=O)(=O)NC(=O)NC2CCCCC2)cc1. The third-order valence-electron chi connectivity index (χ3n) is 5.86. The molecule has 3 aromatic rings. The second kappa shape index (κ2) is 10.7. The Morgan fingerprint density at radius 1 is 1.00 bits per heavy atom. The summed E-state index contributed by atoms with van der Waals surface area (Å²) in [5, 5.41) is 9.31. The molecule has 3 N–H and O–H groups in total. The molecular formula is C24H27N5O5S. The number of nitrogens with zero attached hydrogens (tertiary/aromatic N) is 2. The summed E-state index contributed by atoms with van der Waals surface area (Å²) in [5.41, 5.74) is 1.38. The lowest BCUT2D eigenvalue weighted by Gasteiger charge is -2.22. The summed E-state index contributed by atoms with van der Waals surface area (Å²) in [7, 11) is -4.03. The van der Waals surface area contributed by atoms with E-state index in [2.05, 4.69) is 25.5 Å². The molecule has 2 aromatic carbocycles. The first kappa shape index (κ1) is 24.4. The van der Waals surface area contributed by atoms with Gasteiger partial charge in [-0.15, -0.1) is 0 Å². The minimum absolute atomic E-state index is 0.00610. The zero-order valence-electron chi connectivity index (χ0n) is 19.2. The highest BCUT2D eigenvalue weighted by Gasteiger charge is 2.22. The summed E-state index contributed by atoms with van der Waals surface area (Å²) in [6.45, 7) is 1.74. The molecule has 1 aliphatic carbocycles. The van der Waals surface area contributed by atoms with Crippen LogP contribution in [0.25, 0.3) is 11.4 Å². The number of hydrogen-bond donors (Lipinski definition) is 3. The number of amides is 3. The van der Waals surface area contributed by atoms with Crippen LogP contribution in [0.3, 0.4) is 0 Å². The van der Waals surface area contributed by atoms with Gasteiger partial charge in [-0.1, -0.05) is 66.9 Å². The highest BCUT2D eigenvalue weighted by molar-refractivity contribution is 7.90. The predicted octanol–water partition coefficient (Wildman–Crippen LogP) is 3.55. The Balaban J connectivity index is 1.35. The van der Waals surface area contributed by atoms with Crippen LogP contribution in [0.15, 0.2) is 64.0 Å². The summed E-state index contributed by atoms with van der Waals surface area (Å²) >= 11 is 0. The van der Waals surface area contributed by atoms with Crippen LogP contribution in [0.5, 0.6) is 0 Å². The van der Waals surface area contributed by atoms with Crippen molar-refractivity contribution in [2.24, 2.45) is 0 Å². The van der Waals surface area contributed by atoms with Crippen molar-refractivity contribution in [1.82, 2.24) is 25.5 Å². The van der Waals surface area contributed by atoms with Gasteiger partial charge < -0.3 is 15.2 Å². The molecule has 0 spiro atoms. The van der Waals surface area contributed by atoms with E-state index in [9.17, 15) is 18.0 Å². The molecule has 1 atom stereocenters. The number of urea groups is 1. The fraction of sp³-hybridized carbons (Fsp3) is 0.333. The maximum Gasteiger partial charge on any atom is 0.328 e. The number of nitrogens with one attached hydrogen (secondary N) is 3. The number of rotatable bonds is 7. The van der Waals surface area contributed by atoms with Crippen LogP contribution in [0.1, 0.15) is 61.3 Å². The van der Waals surface area contributed by atoms with E-state index in [1.165, 1.54) is 12.1 Å². The monoisotopic (exact) mass is 497 g/mol. The first-order chi connectivity index (χ1) is 16.8. The molecule has 3 amide bonds. The molecule has 1 heterocycles. The van der Waals surface area contributed by atoms with Gasteiger partial charge in [0.05, 0.1) is 10.9 Å². The quantitative estimate of drug-likeness (QED) is 0.453. The van der Waals surface area contributed by atoms with Crippen LogP contribution < -0.4 is 15.4 Å². The minimum atomic E-state index is -4.03. The van der Waals surface area contributed by atoms with E-state index in [1.807, 2.05) is 18.2 Å². The smallest absolute Gasteiger partial charge is 0.328 e. The zero-order chi connectivity index (χ0) is 24.8. The van der Waals surface area contributed by atoms with Crippen molar-refractivity contribution in [2.45, 2.75) is 56.0 Å². The number of aromatic nitrogens is 2. The van der Waals surface area contributed by atoms with Gasteiger partial charge in [-0.05, 0) is 37.5 Å². The van der Waals surface area contributed by atoms with E-state index < -0.39 is 28.0 Å². The van der Waals surface area contributed by atoms with E-state index in [0.717, 1.165) is 37.7 Å². The number of benzene rings is 2. The van der Waals surface area contributed by atoms with Crippen LogP contribution in [-0.4, -0.2) is 36.5 Å². The molecular weight excluding hydrogens is 470 g/mol. The molecule has 0 bridgehead atoms. The normalized spacial score (nSPS) is 15.2. The number of carbonyl (C=O) groups is 2. The van der Waals surface area contributed by atoms with Crippen molar-refractivity contribution in [3.63, 3.8) is 0 Å². The Kier molecular flexibility index (Phi) is 7.45. The maximum atomic E-state index is 12.6. The summed E-state index contributed by atoms with van der Waals surface area (Å²) in [6, 6.07) is 13.8. The first-order valence-corrected chi connectivity index (χ1v) is 12.9. The van der Waals surface area contributed by atoms with Gasteiger partial charge in [0.2, 0.25) is 5.82 Å². The van der Waals surface area contributed by atoms with Gasteiger partial charge in [-0.25, -0.2) is 17.9 Å². The number of hydrogen-bond acceptors (Lipinski definition) is 7. The lowest BCUT2D eigenvalue weighted by Crippen LogP contribution is -2.45. The van der Waals surface area contributed by atoms with E-state index >= 15 is 0 Å². The highest BCUT2D eigenvalue weighted by Crippen LogP contribution is 2.19. The van der Waals surface area contributed by atoms with Crippen LogP contribution in [0, 0.1) is 0 Å². The third kappa shape index (κ3) is 6.24. The van der Waals surface area contributed by atoms with Crippen molar-refractivity contribution >= 4 is 22.0 Å². The molecule has 1 aliphatic rings. The second-order valence-corrected chi connectivity index (χ2v) is 10.1. The summed E-state index contributed by atoms with van der Waals surface area (Å²) in [5.74, 6) is -0.425. The van der Waals surface area contributed by atoms with Crippen molar-refractivity contribution < 1.29 is 22.5 Å². The zero-order valence-corrected chi connectivity index (χ0v) is 20.0. The van der Waals surface area contributed by atoms with E-state index in [0.29, 0.717) is 11.4 Å². The van der Waals surface area contributed by atoms with Gasteiger partial charge >= 0.3 is 17.8 Å². The topological polar surface area (TPSA) is 143 Å². The van der Waals surface area contributed by atoms with Gasteiger partial charge in [0, 0.05) is 11.6 Å². The van der Waals surface area contributed by atoms with Crippen LogP contribution in [0.2, 0.25) is 0 Å². The Hall–Kier alpha value is -3.73. The molecule has 1 aromatic heterocycles. The predicted molar refractivity (Wildman–Crippen MR) is 128 cm³/mol. The molecule has 11 heteroatoms. The number of sulfonamides is 1. The summed E-state index contributed by atoms with van der Waals surface area (Å²) in [4.78, 5) is 28.8. The molecule has 1 fully saturated rings. The van der Waals surface area contributed by atoms with Crippen LogP contribution in [0.4, 0.5) is 4.79 Å². The molecule has 0 radical (unpaired) electrons. The van der Waals surface area contributed by atoms with Crippen LogP contribution in [-0.2, 0) is 10.0 Å². The highest BCUT2D eigenvalue weighted by atomic mass is 32.2. The Labute approximate surface area is 203 Å². The van der Waals surface area contributed by atoms with Crippen molar-refractivity contribution in [3.8, 4) is 11.4 Å². The first-order valence-electron chi connectivity index (χ1n) is 11.4. The number of carbonyl (C=O) groups excluding carboxylic acids is 2. The standard InChI is InChI=1S/C24H27N5O5S/c1-16(25-22(30)23-27-21(28-34-23)18-8-4-2-5-9-18)17-12-14-20(15-13-17)35(32,33)29-24(31)26-19-10-6-3-7-11-19/h2,4-5,8-9,12-16,19H,3,6-7,10-11H2,1H3,(H,25,30)(H2,26,29,31). The second-order valence-electron chi connectivity index (χ2n) is 8.47. The minimum Gasteiger partial charge on any atom is -0.341 e. The summed E-state index contributed by atoms with van der Waals surface area (Å²) < 4.78 is 32.3. The van der Waals surface area contributed by atoms with Crippen molar-refractivity contribution in [2.75, 3.05) is 0 Å².